The zero-order valence-corrected chi connectivity index (χ0v) is 5.60. The number of benzene rings is 1. The van der Waals surface area contributed by atoms with Gasteiger partial charge < -0.3 is 0 Å². The highest BCUT2D eigenvalue weighted by Crippen LogP contribution is 2.09. The lowest BCUT2D eigenvalue weighted by Crippen LogP contribution is -1.67. The van der Waals surface area contributed by atoms with Crippen molar-refractivity contribution in [2.45, 2.75) is 0 Å². The van der Waals surface area contributed by atoms with Gasteiger partial charge in [0.15, 0.2) is 0 Å². The number of hydrogen-bond donors (Lipinski definition) is 0. The lowest BCUT2D eigenvalue weighted by atomic mass is 10.2. The van der Waals surface area contributed by atoms with E-state index in [1.54, 1.807) is 12.1 Å². The predicted octanol–water partition coefficient (Wildman–Crippen LogP) is 2.79. The van der Waals surface area contributed by atoms with E-state index in [-0.39, 0.29) is 0 Å². The van der Waals surface area contributed by atoms with Crippen LogP contribution >= 0.6 is 11.6 Å². The Balaban J connectivity index is 3.01. The van der Waals surface area contributed by atoms with Gasteiger partial charge in [-0.2, -0.15) is 0 Å². The molecule has 0 saturated carbocycles. The van der Waals surface area contributed by atoms with Crippen molar-refractivity contribution in [3.05, 3.63) is 41.4 Å². The zero-order valence-electron chi connectivity index (χ0n) is 4.84. The van der Waals surface area contributed by atoms with Gasteiger partial charge in [0, 0.05) is 5.02 Å². The second kappa shape index (κ2) is 2.70. The molecule has 45 valence electrons. The first-order chi connectivity index (χ1) is 4.33. The quantitative estimate of drug-likeness (QED) is 0.559. The van der Waals surface area contributed by atoms with E-state index < -0.39 is 0 Å². The first-order valence-corrected chi connectivity index (χ1v) is 3.01. The SMILES string of the molecule is [CH]=Cc1ccc(Cl)cc1. The van der Waals surface area contributed by atoms with Crippen molar-refractivity contribution >= 4 is 17.7 Å². The molecule has 1 aromatic rings. The molecule has 0 aliphatic carbocycles. The summed E-state index contributed by atoms with van der Waals surface area (Å²) in [6.45, 7) is 5.23. The largest absolute Gasteiger partial charge is 0.0843 e. The Morgan fingerprint density at radius 1 is 1.22 bits per heavy atom. The lowest BCUT2D eigenvalue weighted by molar-refractivity contribution is 1.66. The van der Waals surface area contributed by atoms with Crippen molar-refractivity contribution in [2.75, 3.05) is 0 Å². The Morgan fingerprint density at radius 2 is 1.78 bits per heavy atom. The Labute approximate surface area is 59.8 Å². The molecule has 0 saturated heterocycles. The van der Waals surface area contributed by atoms with Crippen LogP contribution in [0.5, 0.6) is 0 Å². The summed E-state index contributed by atoms with van der Waals surface area (Å²) in [5.41, 5.74) is 0.986. The highest BCUT2D eigenvalue weighted by molar-refractivity contribution is 6.30. The van der Waals surface area contributed by atoms with Crippen molar-refractivity contribution < 1.29 is 0 Å². The summed E-state index contributed by atoms with van der Waals surface area (Å²) >= 11 is 5.61. The maximum absolute atomic E-state index is 5.61. The third-order valence-electron chi connectivity index (χ3n) is 1.06. The molecular formula is C8H6Cl. The second-order valence-electron chi connectivity index (χ2n) is 1.72. The van der Waals surface area contributed by atoms with Crippen LogP contribution < -0.4 is 0 Å². The topological polar surface area (TPSA) is 0 Å². The standard InChI is InChI=1S/C8H6Cl/c1-2-7-3-5-8(9)6-4-7/h1-6H. The van der Waals surface area contributed by atoms with Crippen LogP contribution in [0, 0.1) is 6.58 Å². The molecule has 0 fully saturated rings. The Morgan fingerprint density at radius 3 is 2.22 bits per heavy atom. The molecule has 0 heterocycles. The third-order valence-corrected chi connectivity index (χ3v) is 1.31. The van der Waals surface area contributed by atoms with Gasteiger partial charge in [0.2, 0.25) is 0 Å². The summed E-state index contributed by atoms with van der Waals surface area (Å²) in [4.78, 5) is 0. The van der Waals surface area contributed by atoms with E-state index >= 15 is 0 Å². The molecule has 0 spiro atoms. The number of rotatable bonds is 1. The molecule has 0 unspecified atom stereocenters. The predicted molar refractivity (Wildman–Crippen MR) is 40.2 cm³/mol. The van der Waals surface area contributed by atoms with Gasteiger partial charge in [-0.1, -0.05) is 36.4 Å². The molecule has 0 aliphatic rings. The van der Waals surface area contributed by atoms with Gasteiger partial charge in [0.25, 0.3) is 0 Å². The molecule has 0 aliphatic heterocycles. The maximum Gasteiger partial charge on any atom is 0.0406 e. The maximum atomic E-state index is 5.61. The smallest absolute Gasteiger partial charge is 0.0406 e. The van der Waals surface area contributed by atoms with Gasteiger partial charge in [-0.05, 0) is 17.7 Å². The molecule has 0 nitrogen and oxygen atoms in total. The molecule has 0 atom stereocenters. The third kappa shape index (κ3) is 1.58. The van der Waals surface area contributed by atoms with Crippen LogP contribution in [0.15, 0.2) is 24.3 Å². The minimum atomic E-state index is 0.737. The van der Waals surface area contributed by atoms with E-state index in [1.807, 2.05) is 12.1 Å². The summed E-state index contributed by atoms with van der Waals surface area (Å²) < 4.78 is 0. The fourth-order valence-electron chi connectivity index (χ4n) is 0.574. The molecule has 0 amide bonds. The van der Waals surface area contributed by atoms with Crippen molar-refractivity contribution in [3.8, 4) is 0 Å². The van der Waals surface area contributed by atoms with Crippen LogP contribution in [0.1, 0.15) is 5.56 Å². The van der Waals surface area contributed by atoms with Gasteiger partial charge in [0.05, 0.1) is 0 Å². The van der Waals surface area contributed by atoms with Gasteiger partial charge in [-0.25, -0.2) is 0 Å². The molecule has 0 bridgehead atoms. The first kappa shape index (κ1) is 6.37. The monoisotopic (exact) mass is 137 g/mol. The van der Waals surface area contributed by atoms with Crippen LogP contribution in [0.2, 0.25) is 5.02 Å². The van der Waals surface area contributed by atoms with Gasteiger partial charge >= 0.3 is 0 Å². The van der Waals surface area contributed by atoms with Crippen LogP contribution in [0.4, 0.5) is 0 Å². The van der Waals surface area contributed by atoms with Crippen molar-refractivity contribution in [1.82, 2.24) is 0 Å². The lowest BCUT2D eigenvalue weighted by Gasteiger charge is -1.89. The summed E-state index contributed by atoms with van der Waals surface area (Å²) in [5, 5.41) is 0.737. The fourth-order valence-corrected chi connectivity index (χ4v) is 0.700. The van der Waals surface area contributed by atoms with Gasteiger partial charge in [-0.3, -0.25) is 0 Å². The van der Waals surface area contributed by atoms with Crippen LogP contribution in [0.25, 0.3) is 6.08 Å². The molecule has 0 N–H and O–H groups in total. The molecule has 1 aromatic carbocycles. The molecule has 1 radical (unpaired) electrons. The summed E-state index contributed by atoms with van der Waals surface area (Å²) in [6, 6.07) is 7.34. The number of hydrogen-bond acceptors (Lipinski definition) is 0. The average molecular weight is 138 g/mol. The van der Waals surface area contributed by atoms with Crippen molar-refractivity contribution in [3.63, 3.8) is 0 Å². The first-order valence-electron chi connectivity index (χ1n) is 2.63. The summed E-state index contributed by atoms with van der Waals surface area (Å²) in [7, 11) is 0. The van der Waals surface area contributed by atoms with E-state index in [2.05, 4.69) is 0 Å². The van der Waals surface area contributed by atoms with E-state index in [4.69, 9.17) is 18.2 Å². The Hall–Kier alpha value is -0.750. The van der Waals surface area contributed by atoms with E-state index in [9.17, 15) is 0 Å². The summed E-state index contributed by atoms with van der Waals surface area (Å²) in [6.07, 6.45) is 1.54. The fraction of sp³-hybridized carbons (Fsp3) is 0. The highest BCUT2D eigenvalue weighted by Gasteiger charge is 1.84. The minimum absolute atomic E-state index is 0.737. The van der Waals surface area contributed by atoms with E-state index in [1.165, 1.54) is 6.08 Å². The molecule has 9 heavy (non-hydrogen) atoms. The van der Waals surface area contributed by atoms with Gasteiger partial charge in [0.1, 0.15) is 0 Å². The van der Waals surface area contributed by atoms with Crippen LogP contribution in [-0.4, -0.2) is 0 Å². The van der Waals surface area contributed by atoms with E-state index in [0.717, 1.165) is 10.6 Å². The second-order valence-corrected chi connectivity index (χ2v) is 2.15. The van der Waals surface area contributed by atoms with Crippen LogP contribution in [0.3, 0.4) is 0 Å². The minimum Gasteiger partial charge on any atom is -0.0843 e. The summed E-state index contributed by atoms with van der Waals surface area (Å²) in [5.74, 6) is 0. The Bertz CT molecular complexity index is 198. The Kier molecular flexibility index (Phi) is 1.91. The highest BCUT2D eigenvalue weighted by atomic mass is 35.5. The number of halogens is 1. The molecule has 1 rings (SSSR count). The average Bonchev–Trinajstić information content (AvgIpc) is 1.90. The van der Waals surface area contributed by atoms with Crippen LogP contribution in [-0.2, 0) is 0 Å². The van der Waals surface area contributed by atoms with Crippen molar-refractivity contribution in [2.24, 2.45) is 0 Å². The van der Waals surface area contributed by atoms with E-state index in [0.29, 0.717) is 0 Å². The normalized spacial score (nSPS) is 9.00. The molecular weight excluding hydrogens is 132 g/mol. The van der Waals surface area contributed by atoms with Gasteiger partial charge in [-0.15, -0.1) is 0 Å². The van der Waals surface area contributed by atoms with Crippen molar-refractivity contribution in [1.29, 1.82) is 0 Å². The molecule has 0 aromatic heterocycles. The zero-order chi connectivity index (χ0) is 6.69. The molecule has 1 heteroatoms.